The molecule has 1 amide bonds. The Bertz CT molecular complexity index is 661. The Hall–Kier alpha value is -1.66. The highest BCUT2D eigenvalue weighted by Gasteiger charge is 2.32. The summed E-state index contributed by atoms with van der Waals surface area (Å²) in [4.78, 5) is 14.4. The number of halogens is 1. The van der Waals surface area contributed by atoms with Gasteiger partial charge in [0.1, 0.15) is 5.75 Å². The average Bonchev–Trinajstić information content (AvgIpc) is 3.15. The molecule has 0 radical (unpaired) electrons. The van der Waals surface area contributed by atoms with Gasteiger partial charge in [0.05, 0.1) is 13.2 Å². The SMILES string of the molecule is COc1cccc(C2CCCN2C(=O)c2nnc(Cl)s2)c1. The molecular formula is C14H14ClN3O2S. The summed E-state index contributed by atoms with van der Waals surface area (Å²) in [6.07, 6.45) is 1.91. The molecule has 1 aromatic heterocycles. The van der Waals surface area contributed by atoms with Crippen LogP contribution in [0.2, 0.25) is 4.47 Å². The van der Waals surface area contributed by atoms with E-state index in [4.69, 9.17) is 16.3 Å². The van der Waals surface area contributed by atoms with E-state index in [1.54, 1.807) is 7.11 Å². The lowest BCUT2D eigenvalue weighted by atomic mass is 10.0. The number of carbonyl (C=O) groups excluding carboxylic acids is 1. The molecule has 0 spiro atoms. The van der Waals surface area contributed by atoms with Gasteiger partial charge in [0.2, 0.25) is 9.47 Å². The molecule has 3 rings (SSSR count). The van der Waals surface area contributed by atoms with Crippen LogP contribution in [-0.2, 0) is 0 Å². The summed E-state index contributed by atoms with van der Waals surface area (Å²) in [7, 11) is 1.64. The molecule has 0 bridgehead atoms. The second kappa shape index (κ2) is 5.99. The van der Waals surface area contributed by atoms with Gasteiger partial charge in [0, 0.05) is 6.54 Å². The maximum atomic E-state index is 12.5. The van der Waals surface area contributed by atoms with Crippen LogP contribution in [0.25, 0.3) is 0 Å². The minimum atomic E-state index is -0.107. The van der Waals surface area contributed by atoms with E-state index in [9.17, 15) is 4.79 Å². The zero-order valence-electron chi connectivity index (χ0n) is 11.5. The minimum absolute atomic E-state index is 0.0512. The zero-order valence-corrected chi connectivity index (χ0v) is 13.0. The highest BCUT2D eigenvalue weighted by Crippen LogP contribution is 2.35. The fraction of sp³-hybridized carbons (Fsp3) is 0.357. The number of hydrogen-bond donors (Lipinski definition) is 0. The third-order valence-corrected chi connectivity index (χ3v) is 4.58. The molecular weight excluding hydrogens is 310 g/mol. The molecule has 1 unspecified atom stereocenters. The second-order valence-corrected chi connectivity index (χ2v) is 6.35. The van der Waals surface area contributed by atoms with Crippen molar-refractivity contribution in [2.24, 2.45) is 0 Å². The van der Waals surface area contributed by atoms with E-state index < -0.39 is 0 Å². The van der Waals surface area contributed by atoms with Gasteiger partial charge < -0.3 is 9.64 Å². The predicted molar refractivity (Wildman–Crippen MR) is 80.9 cm³/mol. The van der Waals surface area contributed by atoms with Crippen LogP contribution in [0.3, 0.4) is 0 Å². The fourth-order valence-corrected chi connectivity index (χ4v) is 3.40. The second-order valence-electron chi connectivity index (χ2n) is 4.79. The van der Waals surface area contributed by atoms with Crippen molar-refractivity contribution in [3.05, 3.63) is 39.3 Å². The number of rotatable bonds is 3. The normalized spacial score (nSPS) is 18.0. The van der Waals surface area contributed by atoms with E-state index in [1.807, 2.05) is 29.2 Å². The van der Waals surface area contributed by atoms with Crippen LogP contribution in [0.15, 0.2) is 24.3 Å². The first-order chi connectivity index (χ1) is 10.2. The maximum absolute atomic E-state index is 12.5. The minimum Gasteiger partial charge on any atom is -0.497 e. The van der Waals surface area contributed by atoms with Crippen molar-refractivity contribution in [1.29, 1.82) is 0 Å². The molecule has 0 saturated carbocycles. The molecule has 1 saturated heterocycles. The maximum Gasteiger partial charge on any atom is 0.285 e. The summed E-state index contributed by atoms with van der Waals surface area (Å²) in [6.45, 7) is 0.720. The summed E-state index contributed by atoms with van der Waals surface area (Å²) in [5.74, 6) is 0.690. The third kappa shape index (κ3) is 2.87. The molecule has 1 fully saturated rings. The lowest BCUT2D eigenvalue weighted by Crippen LogP contribution is -2.30. The van der Waals surface area contributed by atoms with Crippen molar-refractivity contribution < 1.29 is 9.53 Å². The Balaban J connectivity index is 1.86. The number of hydrogen-bond acceptors (Lipinski definition) is 5. The molecule has 1 aliphatic rings. The van der Waals surface area contributed by atoms with Crippen LogP contribution in [-0.4, -0.2) is 34.7 Å². The van der Waals surface area contributed by atoms with Gasteiger partial charge in [0.25, 0.3) is 5.91 Å². The highest BCUT2D eigenvalue weighted by atomic mass is 35.5. The van der Waals surface area contributed by atoms with E-state index in [2.05, 4.69) is 10.2 Å². The summed E-state index contributed by atoms with van der Waals surface area (Å²) < 4.78 is 5.54. The first-order valence-corrected chi connectivity index (χ1v) is 7.82. The number of nitrogens with zero attached hydrogens (tertiary/aromatic N) is 3. The van der Waals surface area contributed by atoms with Crippen molar-refractivity contribution in [1.82, 2.24) is 15.1 Å². The van der Waals surface area contributed by atoms with Gasteiger partial charge in [0.15, 0.2) is 0 Å². The van der Waals surface area contributed by atoms with Crippen molar-refractivity contribution in [3.63, 3.8) is 0 Å². The smallest absolute Gasteiger partial charge is 0.285 e. The van der Waals surface area contributed by atoms with Crippen molar-refractivity contribution in [3.8, 4) is 5.75 Å². The van der Waals surface area contributed by atoms with E-state index in [1.165, 1.54) is 0 Å². The number of likely N-dealkylation sites (tertiary alicyclic amines) is 1. The standard InChI is InChI=1S/C14H14ClN3O2S/c1-20-10-5-2-4-9(8-10)11-6-3-7-18(11)13(19)12-16-17-14(15)21-12/h2,4-5,8,11H,3,6-7H2,1H3. The van der Waals surface area contributed by atoms with Crippen molar-refractivity contribution in [2.75, 3.05) is 13.7 Å². The van der Waals surface area contributed by atoms with Gasteiger partial charge >= 0.3 is 0 Å². The number of ether oxygens (including phenoxy) is 1. The lowest BCUT2D eigenvalue weighted by molar-refractivity contribution is 0.0734. The molecule has 2 heterocycles. The molecule has 1 atom stereocenters. The topological polar surface area (TPSA) is 55.3 Å². The molecule has 7 heteroatoms. The molecule has 1 aromatic carbocycles. The molecule has 5 nitrogen and oxygen atoms in total. The predicted octanol–water partition coefficient (Wildman–Crippen LogP) is 3.18. The number of methoxy groups -OCH3 is 1. The van der Waals surface area contributed by atoms with Crippen LogP contribution in [0.4, 0.5) is 0 Å². The van der Waals surface area contributed by atoms with E-state index in [-0.39, 0.29) is 16.4 Å². The van der Waals surface area contributed by atoms with Crippen LogP contribution in [0.5, 0.6) is 5.75 Å². The third-order valence-electron chi connectivity index (χ3n) is 3.58. The molecule has 21 heavy (non-hydrogen) atoms. The summed E-state index contributed by atoms with van der Waals surface area (Å²) in [6, 6.07) is 7.89. The van der Waals surface area contributed by atoms with Gasteiger partial charge in [-0.05, 0) is 42.1 Å². The molecule has 1 aliphatic heterocycles. The van der Waals surface area contributed by atoms with E-state index in [0.29, 0.717) is 5.01 Å². The zero-order chi connectivity index (χ0) is 14.8. The quantitative estimate of drug-likeness (QED) is 0.870. The van der Waals surface area contributed by atoms with Crippen LogP contribution in [0, 0.1) is 0 Å². The highest BCUT2D eigenvalue weighted by molar-refractivity contribution is 7.17. The molecule has 0 N–H and O–H groups in total. The number of amides is 1. The Labute approximate surface area is 131 Å². The fourth-order valence-electron chi connectivity index (χ4n) is 2.62. The average molecular weight is 324 g/mol. The summed E-state index contributed by atoms with van der Waals surface area (Å²) in [5, 5.41) is 7.89. The van der Waals surface area contributed by atoms with Gasteiger partial charge in [-0.2, -0.15) is 0 Å². The van der Waals surface area contributed by atoms with Crippen LogP contribution in [0.1, 0.15) is 34.2 Å². The number of carbonyl (C=O) groups is 1. The molecule has 2 aromatic rings. The summed E-state index contributed by atoms with van der Waals surface area (Å²) in [5.41, 5.74) is 1.08. The lowest BCUT2D eigenvalue weighted by Gasteiger charge is -2.24. The van der Waals surface area contributed by atoms with E-state index in [0.717, 1.165) is 42.0 Å². The summed E-state index contributed by atoms with van der Waals surface area (Å²) >= 11 is 6.88. The first-order valence-electron chi connectivity index (χ1n) is 6.63. The van der Waals surface area contributed by atoms with Gasteiger partial charge in [-0.15, -0.1) is 10.2 Å². The molecule has 0 aliphatic carbocycles. The Morgan fingerprint density at radius 1 is 1.48 bits per heavy atom. The Morgan fingerprint density at radius 3 is 3.05 bits per heavy atom. The number of benzene rings is 1. The largest absolute Gasteiger partial charge is 0.497 e. The van der Waals surface area contributed by atoms with Crippen molar-refractivity contribution >= 4 is 28.8 Å². The van der Waals surface area contributed by atoms with Crippen molar-refractivity contribution in [2.45, 2.75) is 18.9 Å². The van der Waals surface area contributed by atoms with Gasteiger partial charge in [-0.3, -0.25) is 4.79 Å². The van der Waals surface area contributed by atoms with Gasteiger partial charge in [-0.1, -0.05) is 23.5 Å². The van der Waals surface area contributed by atoms with Gasteiger partial charge in [-0.25, -0.2) is 0 Å². The Morgan fingerprint density at radius 2 is 2.33 bits per heavy atom. The van der Waals surface area contributed by atoms with Crippen LogP contribution < -0.4 is 4.74 Å². The Kier molecular flexibility index (Phi) is 4.07. The first kappa shape index (κ1) is 14.3. The van der Waals surface area contributed by atoms with E-state index >= 15 is 0 Å². The monoisotopic (exact) mass is 323 g/mol. The number of aromatic nitrogens is 2. The molecule has 110 valence electrons. The van der Waals surface area contributed by atoms with Crippen LogP contribution >= 0.6 is 22.9 Å².